The molecule has 0 bridgehead atoms. The summed E-state index contributed by atoms with van der Waals surface area (Å²) in [5, 5.41) is 18.2. The van der Waals surface area contributed by atoms with Gasteiger partial charge in [0.05, 0.1) is 14.2 Å². The van der Waals surface area contributed by atoms with E-state index >= 15 is 0 Å². The monoisotopic (exact) mass is 210 g/mol. The lowest BCUT2D eigenvalue weighted by molar-refractivity contribution is 0.112. The maximum atomic E-state index is 10.6. The van der Waals surface area contributed by atoms with Crippen molar-refractivity contribution in [2.45, 2.75) is 0 Å². The van der Waals surface area contributed by atoms with E-state index in [1.165, 1.54) is 26.4 Å². The lowest BCUT2D eigenvalue weighted by Gasteiger charge is -2.12. The van der Waals surface area contributed by atoms with Gasteiger partial charge < -0.3 is 19.5 Å². The second-order valence-electron chi connectivity index (χ2n) is 2.84. The molecule has 0 fully saturated rings. The lowest BCUT2D eigenvalue weighted by Crippen LogP contribution is -2.31. The molecule has 0 spiro atoms. The van der Waals surface area contributed by atoms with Crippen molar-refractivity contribution in [3.63, 3.8) is 0 Å². The average Bonchev–Trinajstić information content (AvgIpc) is 2.26. The number of rotatable bonds is 4. The van der Waals surface area contributed by atoms with Crippen molar-refractivity contribution in [2.24, 2.45) is 0 Å². The fourth-order valence-electron chi connectivity index (χ4n) is 1.28. The number of methoxy groups -OCH3 is 2. The van der Waals surface area contributed by atoms with Gasteiger partial charge in [-0.3, -0.25) is 4.79 Å². The van der Waals surface area contributed by atoms with Crippen LogP contribution in [0, 0.1) is 0 Å². The minimum atomic E-state index is -1.71. The molecule has 0 amide bonds. The van der Waals surface area contributed by atoms with Gasteiger partial charge in [-0.15, -0.1) is 0 Å². The average molecular weight is 210 g/mol. The third-order valence-corrected chi connectivity index (χ3v) is 1.94. The fourth-order valence-corrected chi connectivity index (χ4v) is 1.28. The molecule has 15 heavy (non-hydrogen) atoms. The summed E-state index contributed by atoms with van der Waals surface area (Å²) in [4.78, 5) is 10.6. The van der Waals surface area contributed by atoms with Gasteiger partial charge in [0.25, 0.3) is 0 Å². The van der Waals surface area contributed by atoms with Crippen molar-refractivity contribution in [2.75, 3.05) is 14.2 Å². The summed E-state index contributed by atoms with van der Waals surface area (Å²) >= 11 is 0. The van der Waals surface area contributed by atoms with Crippen LogP contribution < -0.4 is 14.9 Å². The van der Waals surface area contributed by atoms with Crippen molar-refractivity contribution in [1.29, 1.82) is 0 Å². The third-order valence-electron chi connectivity index (χ3n) is 1.94. The molecular weight excluding hydrogens is 199 g/mol. The number of hydrogen-bond donors (Lipinski definition) is 2. The van der Waals surface area contributed by atoms with E-state index in [2.05, 4.69) is 0 Å². The maximum Gasteiger partial charge on any atom is 0.492 e. The molecule has 0 aliphatic rings. The summed E-state index contributed by atoms with van der Waals surface area (Å²) in [6.07, 6.45) is 0.591. The third kappa shape index (κ3) is 2.29. The summed E-state index contributed by atoms with van der Waals surface area (Å²) in [7, 11) is 1.07. The van der Waals surface area contributed by atoms with E-state index in [0.717, 1.165) is 0 Å². The van der Waals surface area contributed by atoms with E-state index in [9.17, 15) is 4.79 Å². The predicted molar refractivity (Wildman–Crippen MR) is 54.8 cm³/mol. The van der Waals surface area contributed by atoms with Crippen molar-refractivity contribution < 1.29 is 24.3 Å². The SMILES string of the molecule is COc1cc(C=O)cc(B(O)O)c1OC. The Bertz CT molecular complexity index is 364. The molecule has 5 nitrogen and oxygen atoms in total. The first-order valence-corrected chi connectivity index (χ1v) is 4.21. The van der Waals surface area contributed by atoms with E-state index in [1.54, 1.807) is 0 Å². The highest BCUT2D eigenvalue weighted by atomic mass is 16.5. The smallest absolute Gasteiger partial charge is 0.492 e. The zero-order valence-corrected chi connectivity index (χ0v) is 8.43. The normalized spacial score (nSPS) is 9.60. The highest BCUT2D eigenvalue weighted by Crippen LogP contribution is 2.25. The first-order valence-electron chi connectivity index (χ1n) is 4.21. The molecule has 80 valence electrons. The summed E-state index contributed by atoms with van der Waals surface area (Å²) in [5.41, 5.74) is 0.384. The number of carbonyl (C=O) groups is 1. The van der Waals surface area contributed by atoms with E-state index in [1.807, 2.05) is 0 Å². The quantitative estimate of drug-likeness (QED) is 0.502. The Hall–Kier alpha value is -1.53. The standard InChI is InChI=1S/C9H11BO5/c1-14-8-4-6(5-11)3-7(10(12)13)9(8)15-2/h3-5,12-13H,1-2H3. The molecule has 0 heterocycles. The second-order valence-corrected chi connectivity index (χ2v) is 2.84. The molecule has 0 saturated heterocycles. The van der Waals surface area contributed by atoms with Crippen LogP contribution in [0.2, 0.25) is 0 Å². The lowest BCUT2D eigenvalue weighted by atomic mass is 9.78. The minimum absolute atomic E-state index is 0.0963. The number of ether oxygens (including phenoxy) is 2. The second kappa shape index (κ2) is 4.81. The Morgan fingerprint density at radius 3 is 2.33 bits per heavy atom. The predicted octanol–water partition coefficient (Wildman–Crippen LogP) is -0.804. The minimum Gasteiger partial charge on any atom is -0.493 e. The van der Waals surface area contributed by atoms with Crippen molar-refractivity contribution in [1.82, 2.24) is 0 Å². The molecule has 0 radical (unpaired) electrons. The Morgan fingerprint density at radius 1 is 1.27 bits per heavy atom. The molecule has 1 rings (SSSR count). The molecule has 6 heteroatoms. The Kier molecular flexibility index (Phi) is 3.71. The Labute approximate surface area is 87.4 Å². The number of aldehydes is 1. The van der Waals surface area contributed by atoms with Crippen LogP contribution in [0.3, 0.4) is 0 Å². The molecule has 0 unspecified atom stereocenters. The molecule has 2 N–H and O–H groups in total. The van der Waals surface area contributed by atoms with Crippen LogP contribution in [0.1, 0.15) is 10.4 Å². The highest BCUT2D eigenvalue weighted by molar-refractivity contribution is 6.60. The molecule has 1 aromatic rings. The van der Waals surface area contributed by atoms with Crippen LogP contribution in [-0.4, -0.2) is 37.7 Å². The molecule has 0 aliphatic heterocycles. The zero-order valence-electron chi connectivity index (χ0n) is 8.43. The Balaban J connectivity index is 3.38. The first-order chi connectivity index (χ1) is 7.13. The molecule has 0 saturated carbocycles. The van der Waals surface area contributed by atoms with Crippen LogP contribution in [-0.2, 0) is 0 Å². The van der Waals surface area contributed by atoms with Gasteiger partial charge in [-0.1, -0.05) is 0 Å². The van der Waals surface area contributed by atoms with Crippen molar-refractivity contribution in [3.8, 4) is 11.5 Å². The van der Waals surface area contributed by atoms with Crippen molar-refractivity contribution >= 4 is 18.9 Å². The van der Waals surface area contributed by atoms with E-state index in [-0.39, 0.29) is 22.5 Å². The van der Waals surface area contributed by atoms with Gasteiger partial charge in [-0.05, 0) is 12.1 Å². The summed E-state index contributed by atoms with van der Waals surface area (Å²) < 4.78 is 9.93. The highest BCUT2D eigenvalue weighted by Gasteiger charge is 2.21. The maximum absolute atomic E-state index is 10.6. The van der Waals surface area contributed by atoms with Crippen molar-refractivity contribution in [3.05, 3.63) is 17.7 Å². The molecule has 1 aromatic carbocycles. The van der Waals surface area contributed by atoms with E-state index in [4.69, 9.17) is 19.5 Å². The van der Waals surface area contributed by atoms with E-state index < -0.39 is 7.12 Å². The number of hydrogen-bond acceptors (Lipinski definition) is 5. The summed E-state index contributed by atoms with van der Waals surface area (Å²) in [6.45, 7) is 0. The van der Waals surface area contributed by atoms with Gasteiger partial charge in [-0.2, -0.15) is 0 Å². The topological polar surface area (TPSA) is 76.0 Å². The first kappa shape index (κ1) is 11.5. The molecule has 0 aliphatic carbocycles. The Morgan fingerprint density at radius 2 is 1.93 bits per heavy atom. The number of carbonyl (C=O) groups excluding carboxylic acids is 1. The largest absolute Gasteiger partial charge is 0.493 e. The van der Waals surface area contributed by atoms with Gasteiger partial charge in [0.2, 0.25) is 0 Å². The van der Waals surface area contributed by atoms with Crippen LogP contribution in [0.15, 0.2) is 12.1 Å². The van der Waals surface area contributed by atoms with Gasteiger partial charge in [0, 0.05) is 11.0 Å². The zero-order chi connectivity index (χ0) is 11.4. The summed E-state index contributed by atoms with van der Waals surface area (Å²) in [5.74, 6) is 0.489. The van der Waals surface area contributed by atoms with Gasteiger partial charge in [-0.25, -0.2) is 0 Å². The fraction of sp³-hybridized carbons (Fsp3) is 0.222. The van der Waals surface area contributed by atoms with Gasteiger partial charge in [0.15, 0.2) is 11.5 Å². The molecular formula is C9H11BO5. The molecule has 0 aromatic heterocycles. The van der Waals surface area contributed by atoms with Crippen LogP contribution in [0.5, 0.6) is 11.5 Å². The van der Waals surface area contributed by atoms with E-state index in [0.29, 0.717) is 6.29 Å². The van der Waals surface area contributed by atoms with Crippen LogP contribution >= 0.6 is 0 Å². The van der Waals surface area contributed by atoms with Gasteiger partial charge in [0.1, 0.15) is 6.29 Å². The summed E-state index contributed by atoms with van der Waals surface area (Å²) in [6, 6.07) is 2.79. The van der Waals surface area contributed by atoms with Crippen LogP contribution in [0.4, 0.5) is 0 Å². The van der Waals surface area contributed by atoms with Crippen LogP contribution in [0.25, 0.3) is 0 Å². The number of benzene rings is 1. The van der Waals surface area contributed by atoms with Gasteiger partial charge >= 0.3 is 7.12 Å². The molecule has 0 atom stereocenters.